The molecule has 4 aromatic rings. The molecular weight excluding hydrogens is 392 g/mol. The number of rotatable bonds is 5. The van der Waals surface area contributed by atoms with E-state index in [1.807, 2.05) is 44.2 Å². The highest BCUT2D eigenvalue weighted by molar-refractivity contribution is 6.08. The van der Waals surface area contributed by atoms with Crippen molar-refractivity contribution in [1.29, 1.82) is 0 Å². The smallest absolute Gasteiger partial charge is 0.278 e. The maximum absolute atomic E-state index is 12.9. The average molecular weight is 414 g/mol. The highest BCUT2D eigenvalue weighted by Gasteiger charge is 2.20. The summed E-state index contributed by atoms with van der Waals surface area (Å²) in [6.07, 6.45) is 1.74. The van der Waals surface area contributed by atoms with Crippen molar-refractivity contribution in [1.82, 2.24) is 25.3 Å². The van der Waals surface area contributed by atoms with Gasteiger partial charge in [0.05, 0.1) is 28.1 Å². The number of benzene rings is 2. The Morgan fingerprint density at radius 1 is 1.00 bits per heavy atom. The van der Waals surface area contributed by atoms with Crippen LogP contribution in [0.5, 0.6) is 0 Å². The third-order valence-corrected chi connectivity index (χ3v) is 4.78. The molecule has 4 rings (SSSR count). The van der Waals surface area contributed by atoms with Gasteiger partial charge >= 0.3 is 0 Å². The van der Waals surface area contributed by atoms with Crippen molar-refractivity contribution in [3.63, 3.8) is 0 Å². The van der Waals surface area contributed by atoms with Gasteiger partial charge in [0, 0.05) is 17.6 Å². The van der Waals surface area contributed by atoms with E-state index in [2.05, 4.69) is 25.9 Å². The summed E-state index contributed by atoms with van der Waals surface area (Å²) >= 11 is 0. The predicted molar refractivity (Wildman–Crippen MR) is 118 cm³/mol. The Balaban J connectivity index is 1.61. The van der Waals surface area contributed by atoms with Gasteiger partial charge in [-0.15, -0.1) is 5.10 Å². The van der Waals surface area contributed by atoms with E-state index in [4.69, 9.17) is 0 Å². The maximum Gasteiger partial charge on any atom is 0.278 e. The number of pyridine rings is 1. The zero-order valence-corrected chi connectivity index (χ0v) is 17.5. The first kappa shape index (κ1) is 20.2. The van der Waals surface area contributed by atoms with Crippen molar-refractivity contribution < 1.29 is 9.59 Å². The minimum atomic E-state index is -0.434. The molecule has 0 saturated carbocycles. The Kier molecular flexibility index (Phi) is 5.44. The molecule has 0 aliphatic rings. The lowest BCUT2D eigenvalue weighted by molar-refractivity contribution is 0.0944. The fourth-order valence-corrected chi connectivity index (χ4v) is 3.29. The van der Waals surface area contributed by atoms with Crippen molar-refractivity contribution >= 4 is 28.4 Å². The summed E-state index contributed by atoms with van der Waals surface area (Å²) in [7, 11) is 0. The minimum absolute atomic E-state index is 0.0180. The SMILES string of the molecule is Cc1c(C(=O)Nc2ccccc2C(=O)NC(C)C)nnn1-c1ccc2ncccc2c1. The minimum Gasteiger partial charge on any atom is -0.350 e. The van der Waals surface area contributed by atoms with Gasteiger partial charge in [-0.1, -0.05) is 23.4 Å². The molecule has 2 aromatic heterocycles. The van der Waals surface area contributed by atoms with Gasteiger partial charge < -0.3 is 10.6 Å². The number of aromatic nitrogens is 4. The number of hydrogen-bond donors (Lipinski definition) is 2. The molecule has 8 nitrogen and oxygen atoms in total. The van der Waals surface area contributed by atoms with E-state index in [1.165, 1.54) is 0 Å². The van der Waals surface area contributed by atoms with Gasteiger partial charge in [0.1, 0.15) is 0 Å². The molecule has 2 aromatic carbocycles. The molecule has 2 heterocycles. The molecule has 31 heavy (non-hydrogen) atoms. The molecule has 0 saturated heterocycles. The number of hydrogen-bond acceptors (Lipinski definition) is 5. The van der Waals surface area contributed by atoms with Gasteiger partial charge in [0.2, 0.25) is 0 Å². The van der Waals surface area contributed by atoms with Crippen LogP contribution >= 0.6 is 0 Å². The summed E-state index contributed by atoms with van der Waals surface area (Å²) in [5, 5.41) is 14.8. The Bertz CT molecular complexity index is 1280. The quantitative estimate of drug-likeness (QED) is 0.520. The van der Waals surface area contributed by atoms with Crippen molar-refractivity contribution in [3.8, 4) is 5.69 Å². The van der Waals surface area contributed by atoms with E-state index >= 15 is 0 Å². The van der Waals surface area contributed by atoms with Crippen LogP contribution in [0.25, 0.3) is 16.6 Å². The molecule has 0 bridgehead atoms. The predicted octanol–water partition coefficient (Wildman–Crippen LogP) is 3.51. The van der Waals surface area contributed by atoms with Crippen molar-refractivity contribution in [2.75, 3.05) is 5.32 Å². The van der Waals surface area contributed by atoms with E-state index < -0.39 is 5.91 Å². The number of fused-ring (bicyclic) bond motifs is 1. The fraction of sp³-hybridized carbons (Fsp3) is 0.174. The van der Waals surface area contributed by atoms with Crippen LogP contribution in [0.1, 0.15) is 40.4 Å². The summed E-state index contributed by atoms with van der Waals surface area (Å²) in [5.74, 6) is -0.688. The van der Waals surface area contributed by atoms with Gasteiger partial charge in [-0.25, -0.2) is 4.68 Å². The molecule has 0 radical (unpaired) electrons. The lowest BCUT2D eigenvalue weighted by Crippen LogP contribution is -2.31. The standard InChI is InChI=1S/C23H22N6O2/c1-14(2)25-22(30)18-8-4-5-9-20(18)26-23(31)21-15(3)29(28-27-21)17-10-11-19-16(13-17)7-6-12-24-19/h4-14H,1-3H3,(H,25,30)(H,26,31). The summed E-state index contributed by atoms with van der Waals surface area (Å²) in [6.45, 7) is 5.53. The van der Waals surface area contributed by atoms with Gasteiger partial charge in [0.15, 0.2) is 5.69 Å². The number of amides is 2. The molecule has 2 N–H and O–H groups in total. The molecule has 0 unspecified atom stereocenters. The Labute approximate surface area is 179 Å². The number of carbonyl (C=O) groups is 2. The fourth-order valence-electron chi connectivity index (χ4n) is 3.29. The van der Waals surface area contributed by atoms with E-state index in [9.17, 15) is 9.59 Å². The van der Waals surface area contributed by atoms with E-state index in [0.717, 1.165) is 16.6 Å². The highest BCUT2D eigenvalue weighted by Crippen LogP contribution is 2.20. The number of anilines is 1. The van der Waals surface area contributed by atoms with Crippen LogP contribution in [-0.4, -0.2) is 37.8 Å². The van der Waals surface area contributed by atoms with Crippen LogP contribution in [0.15, 0.2) is 60.8 Å². The third kappa shape index (κ3) is 4.13. The molecule has 0 aliphatic carbocycles. The summed E-state index contributed by atoms with van der Waals surface area (Å²) < 4.78 is 1.61. The molecule has 0 spiro atoms. The summed E-state index contributed by atoms with van der Waals surface area (Å²) in [5.41, 5.74) is 3.22. The maximum atomic E-state index is 12.9. The number of nitrogens with zero attached hydrogens (tertiary/aromatic N) is 4. The number of nitrogens with one attached hydrogen (secondary N) is 2. The summed E-state index contributed by atoms with van der Waals surface area (Å²) in [6, 6.07) is 16.4. The molecule has 8 heteroatoms. The van der Waals surface area contributed by atoms with E-state index in [1.54, 1.807) is 42.1 Å². The van der Waals surface area contributed by atoms with E-state index in [-0.39, 0.29) is 17.6 Å². The van der Waals surface area contributed by atoms with Gasteiger partial charge in [-0.3, -0.25) is 14.6 Å². The van der Waals surface area contributed by atoms with Crippen LogP contribution in [0.2, 0.25) is 0 Å². The van der Waals surface area contributed by atoms with Crippen LogP contribution in [0.4, 0.5) is 5.69 Å². The van der Waals surface area contributed by atoms with Gasteiger partial charge in [-0.05, 0) is 57.2 Å². The topological polar surface area (TPSA) is 102 Å². The van der Waals surface area contributed by atoms with Crippen LogP contribution in [0, 0.1) is 6.92 Å². The monoisotopic (exact) mass is 414 g/mol. The first-order valence-corrected chi connectivity index (χ1v) is 9.92. The average Bonchev–Trinajstić information content (AvgIpc) is 3.14. The second kappa shape index (κ2) is 8.35. The first-order valence-electron chi connectivity index (χ1n) is 9.92. The Morgan fingerprint density at radius 3 is 2.61 bits per heavy atom. The van der Waals surface area contributed by atoms with Gasteiger partial charge in [-0.2, -0.15) is 0 Å². The number of carbonyl (C=O) groups excluding carboxylic acids is 2. The van der Waals surface area contributed by atoms with Crippen molar-refractivity contribution in [3.05, 3.63) is 77.7 Å². The largest absolute Gasteiger partial charge is 0.350 e. The van der Waals surface area contributed by atoms with Gasteiger partial charge in [0.25, 0.3) is 11.8 Å². The first-order chi connectivity index (χ1) is 14.9. The zero-order chi connectivity index (χ0) is 22.0. The third-order valence-electron chi connectivity index (χ3n) is 4.78. The molecule has 0 atom stereocenters. The van der Waals surface area contributed by atoms with Crippen LogP contribution in [-0.2, 0) is 0 Å². The van der Waals surface area contributed by atoms with Crippen molar-refractivity contribution in [2.24, 2.45) is 0 Å². The second-order valence-corrected chi connectivity index (χ2v) is 7.44. The van der Waals surface area contributed by atoms with Crippen molar-refractivity contribution in [2.45, 2.75) is 26.8 Å². The molecule has 2 amide bonds. The van der Waals surface area contributed by atoms with Crippen LogP contribution < -0.4 is 10.6 Å². The molecule has 0 fully saturated rings. The lowest BCUT2D eigenvalue weighted by Gasteiger charge is -2.12. The molecular formula is C23H22N6O2. The second-order valence-electron chi connectivity index (χ2n) is 7.44. The summed E-state index contributed by atoms with van der Waals surface area (Å²) in [4.78, 5) is 29.7. The highest BCUT2D eigenvalue weighted by atomic mass is 16.2. The molecule has 0 aliphatic heterocycles. The zero-order valence-electron chi connectivity index (χ0n) is 17.5. The van der Waals surface area contributed by atoms with Crippen LogP contribution in [0.3, 0.4) is 0 Å². The normalized spacial score (nSPS) is 11.0. The Hall–Kier alpha value is -4.07. The number of para-hydroxylation sites is 1. The molecule has 156 valence electrons. The van der Waals surface area contributed by atoms with E-state index in [0.29, 0.717) is 16.9 Å². The lowest BCUT2D eigenvalue weighted by atomic mass is 10.1. The Morgan fingerprint density at radius 2 is 1.81 bits per heavy atom.